The second kappa shape index (κ2) is 10.4. The smallest absolute Gasteiger partial charge is 0.244 e. The molecule has 0 fully saturated rings. The van der Waals surface area contributed by atoms with Crippen molar-refractivity contribution >= 4 is 5.91 Å². The van der Waals surface area contributed by atoms with Gasteiger partial charge in [-0.3, -0.25) is 4.79 Å². The molecule has 72 valence electrons. The predicted octanol–water partition coefficient (Wildman–Crippen LogP) is 0.760. The van der Waals surface area contributed by atoms with Gasteiger partial charge in [0.15, 0.2) is 0 Å². The van der Waals surface area contributed by atoms with Crippen LogP contribution in [0, 0.1) is 11.3 Å². The van der Waals surface area contributed by atoms with Crippen molar-refractivity contribution in [2.45, 2.75) is 6.92 Å². The summed E-state index contributed by atoms with van der Waals surface area (Å²) in [6.07, 6.45) is 2.82. The van der Waals surface area contributed by atoms with Crippen molar-refractivity contribution in [3.8, 4) is 6.07 Å². The lowest BCUT2D eigenvalue weighted by molar-refractivity contribution is -0.114. The summed E-state index contributed by atoms with van der Waals surface area (Å²) >= 11 is 0. The van der Waals surface area contributed by atoms with E-state index in [1.54, 1.807) is 26.2 Å². The number of nitriles is 1. The molecule has 4 nitrogen and oxygen atoms in total. The molecular formula is C9H14N2O2. The molecule has 2 N–H and O–H groups in total. The molecule has 0 saturated heterocycles. The Kier molecular flexibility index (Phi) is 11.2. The highest BCUT2D eigenvalue weighted by atomic mass is 16.5. The van der Waals surface area contributed by atoms with Crippen LogP contribution in [0.15, 0.2) is 24.3 Å². The number of rotatable bonds is 3. The van der Waals surface area contributed by atoms with E-state index in [0.29, 0.717) is 12.2 Å². The molecule has 0 aliphatic carbocycles. The van der Waals surface area contributed by atoms with Crippen LogP contribution in [-0.4, -0.2) is 19.6 Å². The quantitative estimate of drug-likeness (QED) is 0.517. The summed E-state index contributed by atoms with van der Waals surface area (Å²) in [6.45, 7) is 5.21. The first-order chi connectivity index (χ1) is 6.09. The van der Waals surface area contributed by atoms with E-state index in [-0.39, 0.29) is 0 Å². The van der Waals surface area contributed by atoms with Crippen LogP contribution in [0.4, 0.5) is 0 Å². The Morgan fingerprint density at radius 2 is 2.23 bits per heavy atom. The van der Waals surface area contributed by atoms with Crippen molar-refractivity contribution in [3.05, 3.63) is 24.3 Å². The average molecular weight is 182 g/mol. The number of primary amides is 1. The molecule has 4 heteroatoms. The van der Waals surface area contributed by atoms with Crippen LogP contribution < -0.4 is 5.73 Å². The number of hydrogen-bond donors (Lipinski definition) is 1. The molecule has 1 amide bonds. The number of carbonyl (C=O) groups is 1. The maximum absolute atomic E-state index is 10.3. The number of methoxy groups -OCH3 is 1. The van der Waals surface area contributed by atoms with Gasteiger partial charge in [0.2, 0.25) is 5.91 Å². The van der Waals surface area contributed by atoms with Gasteiger partial charge in [0.25, 0.3) is 0 Å². The second-order valence-corrected chi connectivity index (χ2v) is 2.04. The normalized spacial score (nSPS) is 9.15. The van der Waals surface area contributed by atoms with E-state index in [0.717, 1.165) is 0 Å². The van der Waals surface area contributed by atoms with Crippen LogP contribution in [0.2, 0.25) is 0 Å². The van der Waals surface area contributed by atoms with E-state index < -0.39 is 5.91 Å². The lowest BCUT2D eigenvalue weighted by Crippen LogP contribution is -2.11. The van der Waals surface area contributed by atoms with Crippen molar-refractivity contribution < 1.29 is 9.53 Å². The Morgan fingerprint density at radius 1 is 1.77 bits per heavy atom. The fraction of sp³-hybridized carbons (Fsp3) is 0.333. The van der Waals surface area contributed by atoms with Crippen molar-refractivity contribution in [3.63, 3.8) is 0 Å². The highest BCUT2D eigenvalue weighted by Gasteiger charge is 1.93. The molecule has 0 radical (unpaired) electrons. The van der Waals surface area contributed by atoms with Crippen LogP contribution in [0.1, 0.15) is 6.92 Å². The number of amides is 1. The molecule has 0 aliphatic heterocycles. The van der Waals surface area contributed by atoms with Crippen LogP contribution in [0.25, 0.3) is 0 Å². The van der Waals surface area contributed by atoms with Crippen molar-refractivity contribution in [2.24, 2.45) is 5.73 Å². The molecule has 13 heavy (non-hydrogen) atoms. The van der Waals surface area contributed by atoms with Gasteiger partial charge in [-0.2, -0.15) is 5.26 Å². The summed E-state index contributed by atoms with van der Waals surface area (Å²) in [7, 11) is 1.56. The third kappa shape index (κ3) is 13.4. The second-order valence-electron chi connectivity index (χ2n) is 2.04. The van der Waals surface area contributed by atoms with Gasteiger partial charge in [0.1, 0.15) is 0 Å². The minimum absolute atomic E-state index is 0.396. The summed E-state index contributed by atoms with van der Waals surface area (Å²) in [5.74, 6) is -0.396. The Hall–Kier alpha value is -1.60. The maximum atomic E-state index is 10.3. The third-order valence-corrected chi connectivity index (χ3v) is 1.04. The lowest BCUT2D eigenvalue weighted by atomic mass is 10.3. The molecule has 0 rings (SSSR count). The molecule has 0 saturated carbocycles. The Balaban J connectivity index is 0. The highest BCUT2D eigenvalue weighted by molar-refractivity contribution is 5.91. The van der Waals surface area contributed by atoms with Crippen LogP contribution in [0.3, 0.4) is 0 Å². The molecule has 0 spiro atoms. The van der Waals surface area contributed by atoms with Gasteiger partial charge in [-0.05, 0) is 6.92 Å². The first kappa shape index (κ1) is 14.0. The lowest BCUT2D eigenvalue weighted by Gasteiger charge is -1.92. The van der Waals surface area contributed by atoms with Crippen molar-refractivity contribution in [2.75, 3.05) is 13.7 Å². The Labute approximate surface area is 78.3 Å². The predicted molar refractivity (Wildman–Crippen MR) is 50.6 cm³/mol. The zero-order valence-corrected chi connectivity index (χ0v) is 7.91. The van der Waals surface area contributed by atoms with E-state index in [1.807, 2.05) is 0 Å². The van der Waals surface area contributed by atoms with Crippen LogP contribution >= 0.6 is 0 Å². The van der Waals surface area contributed by atoms with Gasteiger partial charge < -0.3 is 10.5 Å². The Bertz CT molecular complexity index is 226. The van der Waals surface area contributed by atoms with E-state index in [4.69, 9.17) is 11.0 Å². The summed E-state index contributed by atoms with van der Waals surface area (Å²) < 4.78 is 4.68. The number of nitrogens with zero attached hydrogens (tertiary/aromatic N) is 1. The maximum Gasteiger partial charge on any atom is 0.244 e. The topological polar surface area (TPSA) is 76.1 Å². The average Bonchev–Trinajstić information content (AvgIpc) is 2.14. The largest absolute Gasteiger partial charge is 0.381 e. The van der Waals surface area contributed by atoms with Gasteiger partial charge in [-0.25, -0.2) is 0 Å². The summed E-state index contributed by atoms with van der Waals surface area (Å²) in [6, 6.07) is 1.69. The Morgan fingerprint density at radius 3 is 2.46 bits per heavy atom. The minimum Gasteiger partial charge on any atom is -0.381 e. The van der Waals surface area contributed by atoms with E-state index in [9.17, 15) is 4.79 Å². The molecule has 0 aromatic heterocycles. The molecule has 0 heterocycles. The highest BCUT2D eigenvalue weighted by Crippen LogP contribution is 1.88. The fourth-order valence-corrected chi connectivity index (χ4v) is 0.309. The van der Waals surface area contributed by atoms with Gasteiger partial charge in [-0.1, -0.05) is 12.7 Å². The van der Waals surface area contributed by atoms with Gasteiger partial charge in [-0.15, -0.1) is 0 Å². The zero-order chi connectivity index (χ0) is 10.7. The molecule has 0 unspecified atom stereocenters. The summed E-state index contributed by atoms with van der Waals surface area (Å²) in [5.41, 5.74) is 5.45. The van der Waals surface area contributed by atoms with E-state index >= 15 is 0 Å². The first-order valence-electron chi connectivity index (χ1n) is 3.56. The third-order valence-electron chi connectivity index (χ3n) is 1.04. The van der Waals surface area contributed by atoms with E-state index in [2.05, 4.69) is 11.3 Å². The number of nitrogens with two attached hydrogens (primary N) is 1. The summed E-state index contributed by atoms with van der Waals surface area (Å²) in [4.78, 5) is 10.3. The van der Waals surface area contributed by atoms with Crippen molar-refractivity contribution in [1.29, 1.82) is 5.26 Å². The zero-order valence-electron chi connectivity index (χ0n) is 7.91. The number of carbonyl (C=O) groups excluding carboxylic acids is 1. The number of allylic oxidation sites excluding steroid dienone is 1. The van der Waals surface area contributed by atoms with E-state index in [1.165, 1.54) is 6.08 Å². The molecule has 0 aromatic rings. The van der Waals surface area contributed by atoms with Gasteiger partial charge in [0.05, 0.1) is 12.7 Å². The molecule has 0 bridgehead atoms. The van der Waals surface area contributed by atoms with Gasteiger partial charge in [0, 0.05) is 18.8 Å². The minimum atomic E-state index is -0.396. The monoisotopic (exact) mass is 182 g/mol. The fourth-order valence-electron chi connectivity index (χ4n) is 0.309. The van der Waals surface area contributed by atoms with Crippen LogP contribution in [0.5, 0.6) is 0 Å². The van der Waals surface area contributed by atoms with Crippen LogP contribution in [-0.2, 0) is 9.53 Å². The summed E-state index contributed by atoms with van der Waals surface area (Å²) in [5, 5.41) is 7.51. The SMILES string of the molecule is C=CC#N.COCC=C(C)C(N)=O. The first-order valence-corrected chi connectivity index (χ1v) is 3.56. The molecular weight excluding hydrogens is 168 g/mol. The standard InChI is InChI=1S/C6H11NO2.C3H3N/c1-5(6(7)8)3-4-9-2;1-2-3-4/h3H,4H2,1-2H3,(H2,7,8);2H,1H2. The van der Waals surface area contributed by atoms with Crippen molar-refractivity contribution in [1.82, 2.24) is 0 Å². The number of hydrogen-bond acceptors (Lipinski definition) is 3. The number of ether oxygens (including phenoxy) is 1. The molecule has 0 aromatic carbocycles. The van der Waals surface area contributed by atoms with Gasteiger partial charge >= 0.3 is 0 Å². The molecule has 0 aliphatic rings. The molecule has 0 atom stereocenters.